The van der Waals surface area contributed by atoms with Gasteiger partial charge >= 0.3 is 0 Å². The Balaban J connectivity index is 2.25. The zero-order valence-electron chi connectivity index (χ0n) is 11.9. The van der Waals surface area contributed by atoms with Gasteiger partial charge in [-0.25, -0.2) is 4.98 Å². The predicted octanol–water partition coefficient (Wildman–Crippen LogP) is 2.25. The molecule has 1 aromatic heterocycles. The van der Waals surface area contributed by atoms with Crippen LogP contribution in [-0.4, -0.2) is 34.8 Å². The zero-order chi connectivity index (χ0) is 13.9. The van der Waals surface area contributed by atoms with Crippen molar-refractivity contribution in [2.24, 2.45) is 5.41 Å². The Morgan fingerprint density at radius 3 is 3.00 bits per heavy atom. The molecule has 0 saturated carbocycles. The van der Waals surface area contributed by atoms with Gasteiger partial charge in [0.2, 0.25) is 0 Å². The number of aliphatic hydroxyl groups is 1. The molecule has 0 radical (unpaired) electrons. The average Bonchev–Trinajstić information content (AvgIpc) is 2.42. The second-order valence-electron chi connectivity index (χ2n) is 5.60. The molecule has 1 fully saturated rings. The lowest BCUT2D eigenvalue weighted by Crippen LogP contribution is -2.46. The third kappa shape index (κ3) is 2.95. The van der Waals surface area contributed by atoms with E-state index in [9.17, 15) is 5.11 Å². The quantitative estimate of drug-likeness (QED) is 0.845. The van der Waals surface area contributed by atoms with Crippen LogP contribution in [0.25, 0.3) is 0 Å². The maximum Gasteiger partial charge on any atom is 0.150 e. The molecule has 0 bridgehead atoms. The van der Waals surface area contributed by atoms with E-state index in [4.69, 9.17) is 0 Å². The molecular formula is C15H23N3O. The van der Waals surface area contributed by atoms with Gasteiger partial charge in [0.05, 0.1) is 18.0 Å². The number of piperidine rings is 1. The number of allylic oxidation sites excluding steroid dienone is 1. The van der Waals surface area contributed by atoms with Crippen LogP contribution in [0.1, 0.15) is 30.7 Å². The van der Waals surface area contributed by atoms with Crippen LogP contribution < -0.4 is 4.90 Å². The summed E-state index contributed by atoms with van der Waals surface area (Å²) in [5.41, 5.74) is 1.82. The molecule has 0 aromatic carbocycles. The summed E-state index contributed by atoms with van der Waals surface area (Å²) in [6, 6.07) is 0. The minimum atomic E-state index is -0.0716. The summed E-state index contributed by atoms with van der Waals surface area (Å²) in [6.07, 6.45) is 6.67. The molecule has 1 aliphatic rings. The lowest BCUT2D eigenvalue weighted by molar-refractivity contribution is 0.108. The Morgan fingerprint density at radius 2 is 2.32 bits per heavy atom. The first kappa shape index (κ1) is 14.0. The third-order valence-electron chi connectivity index (χ3n) is 3.92. The normalized spacial score (nSPS) is 23.4. The molecule has 0 amide bonds. The Kier molecular flexibility index (Phi) is 4.20. The highest BCUT2D eigenvalue weighted by molar-refractivity contribution is 5.44. The van der Waals surface area contributed by atoms with Crippen LogP contribution in [0.4, 0.5) is 5.82 Å². The van der Waals surface area contributed by atoms with Gasteiger partial charge in [-0.3, -0.25) is 4.98 Å². The molecule has 2 heterocycles. The predicted molar refractivity (Wildman–Crippen MR) is 77.3 cm³/mol. The topological polar surface area (TPSA) is 49.2 Å². The summed E-state index contributed by atoms with van der Waals surface area (Å²) in [4.78, 5) is 11.3. The van der Waals surface area contributed by atoms with Gasteiger partial charge in [0.15, 0.2) is 0 Å². The van der Waals surface area contributed by atoms with Crippen LogP contribution in [0.3, 0.4) is 0 Å². The highest BCUT2D eigenvalue weighted by Crippen LogP contribution is 2.35. The van der Waals surface area contributed by atoms with Crippen molar-refractivity contribution in [3.05, 3.63) is 30.2 Å². The highest BCUT2D eigenvalue weighted by Gasteiger charge is 2.34. The number of rotatable bonds is 4. The molecular weight excluding hydrogens is 238 g/mol. The van der Waals surface area contributed by atoms with E-state index < -0.39 is 0 Å². The smallest absolute Gasteiger partial charge is 0.150 e. The SMILES string of the molecule is C=CC[C@@]1(CO)CCCN(c2nc(C)cnc2C)C1. The van der Waals surface area contributed by atoms with Gasteiger partial charge in [0.1, 0.15) is 5.82 Å². The molecule has 104 valence electrons. The van der Waals surface area contributed by atoms with Crippen molar-refractivity contribution in [2.45, 2.75) is 33.1 Å². The molecule has 1 N–H and O–H groups in total. The molecule has 1 saturated heterocycles. The Labute approximate surface area is 115 Å². The fourth-order valence-corrected chi connectivity index (χ4v) is 2.88. The zero-order valence-corrected chi connectivity index (χ0v) is 11.9. The molecule has 2 rings (SSSR count). The van der Waals surface area contributed by atoms with Crippen LogP contribution in [0, 0.1) is 19.3 Å². The molecule has 0 spiro atoms. The van der Waals surface area contributed by atoms with Crippen molar-refractivity contribution in [1.29, 1.82) is 0 Å². The van der Waals surface area contributed by atoms with E-state index in [0.717, 1.165) is 49.6 Å². The average molecular weight is 261 g/mol. The number of aliphatic hydroxyl groups excluding tert-OH is 1. The lowest BCUT2D eigenvalue weighted by atomic mass is 9.78. The van der Waals surface area contributed by atoms with E-state index in [1.54, 1.807) is 6.20 Å². The Hall–Kier alpha value is -1.42. The van der Waals surface area contributed by atoms with E-state index in [-0.39, 0.29) is 12.0 Å². The fraction of sp³-hybridized carbons (Fsp3) is 0.600. The maximum absolute atomic E-state index is 9.75. The van der Waals surface area contributed by atoms with Crippen molar-refractivity contribution in [3.63, 3.8) is 0 Å². The van der Waals surface area contributed by atoms with Crippen LogP contribution in [0.5, 0.6) is 0 Å². The molecule has 1 aliphatic heterocycles. The molecule has 1 atom stereocenters. The molecule has 0 aliphatic carbocycles. The van der Waals surface area contributed by atoms with Gasteiger partial charge in [0.25, 0.3) is 0 Å². The summed E-state index contributed by atoms with van der Waals surface area (Å²) < 4.78 is 0. The number of nitrogens with zero attached hydrogens (tertiary/aromatic N) is 3. The summed E-state index contributed by atoms with van der Waals surface area (Å²) in [5.74, 6) is 0.960. The van der Waals surface area contributed by atoms with E-state index >= 15 is 0 Å². The van der Waals surface area contributed by atoms with Crippen LogP contribution in [0.15, 0.2) is 18.9 Å². The number of aromatic nitrogens is 2. The summed E-state index contributed by atoms with van der Waals surface area (Å²) in [7, 11) is 0. The first-order valence-corrected chi connectivity index (χ1v) is 6.87. The van der Waals surface area contributed by atoms with Crippen LogP contribution >= 0.6 is 0 Å². The van der Waals surface area contributed by atoms with Gasteiger partial charge in [0, 0.05) is 24.7 Å². The van der Waals surface area contributed by atoms with E-state index in [1.165, 1.54) is 0 Å². The van der Waals surface area contributed by atoms with Gasteiger partial charge in [-0.15, -0.1) is 6.58 Å². The second kappa shape index (κ2) is 5.70. The molecule has 4 heteroatoms. The number of aryl methyl sites for hydroxylation is 2. The monoisotopic (exact) mass is 261 g/mol. The number of hydrogen-bond donors (Lipinski definition) is 1. The van der Waals surface area contributed by atoms with E-state index in [1.807, 2.05) is 19.9 Å². The molecule has 19 heavy (non-hydrogen) atoms. The standard InChI is InChI=1S/C15H23N3O/c1-4-6-15(11-19)7-5-8-18(10-15)14-13(3)16-9-12(2)17-14/h4,9,19H,1,5-8,10-11H2,2-3H3/t15-/m1/s1. The lowest BCUT2D eigenvalue weighted by Gasteiger charge is -2.42. The first-order chi connectivity index (χ1) is 9.10. The minimum absolute atomic E-state index is 0.0716. The molecule has 1 aromatic rings. The summed E-state index contributed by atoms with van der Waals surface area (Å²) in [5, 5.41) is 9.75. The molecule has 4 nitrogen and oxygen atoms in total. The number of hydrogen-bond acceptors (Lipinski definition) is 4. The first-order valence-electron chi connectivity index (χ1n) is 6.87. The second-order valence-corrected chi connectivity index (χ2v) is 5.60. The third-order valence-corrected chi connectivity index (χ3v) is 3.92. The van der Waals surface area contributed by atoms with Crippen LogP contribution in [-0.2, 0) is 0 Å². The van der Waals surface area contributed by atoms with Gasteiger partial charge < -0.3 is 10.0 Å². The fourth-order valence-electron chi connectivity index (χ4n) is 2.88. The van der Waals surface area contributed by atoms with E-state index in [0.29, 0.717) is 0 Å². The van der Waals surface area contributed by atoms with Crippen molar-refractivity contribution < 1.29 is 5.11 Å². The molecule has 0 unspecified atom stereocenters. The van der Waals surface area contributed by atoms with E-state index in [2.05, 4.69) is 21.4 Å². The highest BCUT2D eigenvalue weighted by atomic mass is 16.3. The van der Waals surface area contributed by atoms with Gasteiger partial charge in [-0.2, -0.15) is 0 Å². The van der Waals surface area contributed by atoms with Gasteiger partial charge in [-0.05, 0) is 33.1 Å². The van der Waals surface area contributed by atoms with Crippen molar-refractivity contribution in [2.75, 3.05) is 24.6 Å². The number of anilines is 1. The Bertz CT molecular complexity index is 461. The van der Waals surface area contributed by atoms with Crippen molar-refractivity contribution in [1.82, 2.24) is 9.97 Å². The minimum Gasteiger partial charge on any atom is -0.396 e. The summed E-state index contributed by atoms with van der Waals surface area (Å²) >= 11 is 0. The van der Waals surface area contributed by atoms with Crippen LogP contribution in [0.2, 0.25) is 0 Å². The maximum atomic E-state index is 9.75. The summed E-state index contributed by atoms with van der Waals surface area (Å²) in [6.45, 7) is 9.79. The Morgan fingerprint density at radius 1 is 1.53 bits per heavy atom. The van der Waals surface area contributed by atoms with Gasteiger partial charge in [-0.1, -0.05) is 6.08 Å². The van der Waals surface area contributed by atoms with Crippen molar-refractivity contribution >= 4 is 5.82 Å². The van der Waals surface area contributed by atoms with Crippen molar-refractivity contribution in [3.8, 4) is 0 Å². The largest absolute Gasteiger partial charge is 0.396 e.